The summed E-state index contributed by atoms with van der Waals surface area (Å²) in [5.41, 5.74) is 4.90. The first-order chi connectivity index (χ1) is 6.18. The van der Waals surface area contributed by atoms with E-state index in [0.717, 1.165) is 12.8 Å². The van der Waals surface area contributed by atoms with E-state index in [1.807, 2.05) is 0 Å². The van der Waals surface area contributed by atoms with E-state index in [-0.39, 0.29) is 12.3 Å². The summed E-state index contributed by atoms with van der Waals surface area (Å²) in [4.78, 5) is 21.3. The Balaban J connectivity index is 1.93. The molecule has 2 amide bonds. The van der Waals surface area contributed by atoms with Gasteiger partial charge in [0.1, 0.15) is 0 Å². The van der Waals surface area contributed by atoms with Gasteiger partial charge >= 0.3 is 0 Å². The third-order valence-electron chi connectivity index (χ3n) is 1.82. The highest BCUT2D eigenvalue weighted by Crippen LogP contribution is 2.17. The summed E-state index contributed by atoms with van der Waals surface area (Å²) in [5.74, 6) is -0.469. The standard InChI is InChI=1S/C8H15N3O2/c9-7(12)3-4-10-8(13)5-11-6-1-2-6/h6,11H,1-5H2,(H2,9,12)(H,10,13). The van der Waals surface area contributed by atoms with Gasteiger partial charge in [-0.15, -0.1) is 0 Å². The van der Waals surface area contributed by atoms with Crippen LogP contribution in [-0.4, -0.2) is 30.9 Å². The Bertz CT molecular complexity index is 202. The average Bonchev–Trinajstić information content (AvgIpc) is 2.83. The molecule has 1 rings (SSSR count). The van der Waals surface area contributed by atoms with Gasteiger partial charge in [-0.05, 0) is 12.8 Å². The number of rotatable bonds is 6. The van der Waals surface area contributed by atoms with Crippen LogP contribution in [0.15, 0.2) is 0 Å². The summed E-state index contributed by atoms with van der Waals surface area (Å²) in [7, 11) is 0. The maximum Gasteiger partial charge on any atom is 0.233 e. The lowest BCUT2D eigenvalue weighted by atomic mass is 10.4. The van der Waals surface area contributed by atoms with Crippen molar-refractivity contribution in [3.05, 3.63) is 0 Å². The van der Waals surface area contributed by atoms with E-state index < -0.39 is 5.91 Å². The second-order valence-electron chi connectivity index (χ2n) is 3.22. The van der Waals surface area contributed by atoms with Crippen LogP contribution in [-0.2, 0) is 9.59 Å². The van der Waals surface area contributed by atoms with Crippen LogP contribution < -0.4 is 16.4 Å². The predicted octanol–water partition coefficient (Wildman–Crippen LogP) is -1.27. The van der Waals surface area contributed by atoms with Gasteiger partial charge in [0, 0.05) is 19.0 Å². The van der Waals surface area contributed by atoms with Crippen molar-refractivity contribution in [1.29, 1.82) is 0 Å². The molecule has 13 heavy (non-hydrogen) atoms. The molecule has 0 spiro atoms. The summed E-state index contributed by atoms with van der Waals surface area (Å²) < 4.78 is 0. The van der Waals surface area contributed by atoms with Crippen molar-refractivity contribution in [2.45, 2.75) is 25.3 Å². The van der Waals surface area contributed by atoms with Gasteiger partial charge in [-0.2, -0.15) is 0 Å². The number of primary amides is 1. The predicted molar refractivity (Wildman–Crippen MR) is 47.8 cm³/mol. The van der Waals surface area contributed by atoms with Gasteiger partial charge in [0.2, 0.25) is 11.8 Å². The van der Waals surface area contributed by atoms with Gasteiger partial charge in [0.05, 0.1) is 6.54 Å². The van der Waals surface area contributed by atoms with Gasteiger partial charge in [-0.3, -0.25) is 9.59 Å². The number of carbonyl (C=O) groups excluding carboxylic acids is 2. The van der Waals surface area contributed by atoms with E-state index in [1.165, 1.54) is 0 Å². The van der Waals surface area contributed by atoms with Crippen molar-refractivity contribution in [3.63, 3.8) is 0 Å². The lowest BCUT2D eigenvalue weighted by Gasteiger charge is -2.03. The maximum atomic E-state index is 11.0. The van der Waals surface area contributed by atoms with Crippen molar-refractivity contribution in [3.8, 4) is 0 Å². The molecule has 5 nitrogen and oxygen atoms in total. The van der Waals surface area contributed by atoms with Crippen molar-refractivity contribution in [2.24, 2.45) is 5.73 Å². The fourth-order valence-corrected chi connectivity index (χ4v) is 0.912. The van der Waals surface area contributed by atoms with Crippen molar-refractivity contribution < 1.29 is 9.59 Å². The molecule has 0 aromatic rings. The molecule has 0 aliphatic heterocycles. The van der Waals surface area contributed by atoms with Gasteiger partial charge < -0.3 is 16.4 Å². The largest absolute Gasteiger partial charge is 0.370 e. The van der Waals surface area contributed by atoms with Crippen LogP contribution in [0.25, 0.3) is 0 Å². The molecule has 1 aliphatic rings. The van der Waals surface area contributed by atoms with Crippen LogP contribution in [0.3, 0.4) is 0 Å². The molecule has 4 N–H and O–H groups in total. The van der Waals surface area contributed by atoms with E-state index in [2.05, 4.69) is 10.6 Å². The van der Waals surface area contributed by atoms with Crippen LogP contribution in [0.5, 0.6) is 0 Å². The van der Waals surface area contributed by atoms with Gasteiger partial charge in [-0.1, -0.05) is 0 Å². The normalized spacial score (nSPS) is 15.4. The van der Waals surface area contributed by atoms with Gasteiger partial charge in [0.15, 0.2) is 0 Å². The number of nitrogens with two attached hydrogens (primary N) is 1. The molecule has 0 bridgehead atoms. The summed E-state index contributed by atoms with van der Waals surface area (Å²) in [6.45, 7) is 0.671. The molecular formula is C8H15N3O2. The smallest absolute Gasteiger partial charge is 0.233 e. The first-order valence-corrected chi connectivity index (χ1v) is 4.47. The average molecular weight is 185 g/mol. The van der Waals surface area contributed by atoms with E-state index in [9.17, 15) is 9.59 Å². The molecule has 1 saturated carbocycles. The summed E-state index contributed by atoms with van der Waals surface area (Å²) in [5, 5.41) is 5.66. The first-order valence-electron chi connectivity index (χ1n) is 4.47. The highest BCUT2D eigenvalue weighted by molar-refractivity contribution is 5.79. The SMILES string of the molecule is NC(=O)CCNC(=O)CNC1CC1. The van der Waals surface area contributed by atoms with E-state index >= 15 is 0 Å². The van der Waals surface area contributed by atoms with E-state index in [4.69, 9.17) is 5.73 Å². The van der Waals surface area contributed by atoms with Crippen molar-refractivity contribution in [2.75, 3.05) is 13.1 Å². The Kier molecular flexibility index (Phi) is 3.70. The molecule has 0 unspecified atom stereocenters. The molecular weight excluding hydrogens is 170 g/mol. The molecule has 1 aliphatic carbocycles. The number of nitrogens with one attached hydrogen (secondary N) is 2. The number of hydrogen-bond donors (Lipinski definition) is 3. The highest BCUT2D eigenvalue weighted by atomic mass is 16.2. The second kappa shape index (κ2) is 4.81. The summed E-state index contributed by atoms with van der Waals surface area (Å²) >= 11 is 0. The van der Waals surface area contributed by atoms with Crippen LogP contribution in [0.2, 0.25) is 0 Å². The third kappa shape index (κ3) is 5.19. The molecule has 0 radical (unpaired) electrons. The van der Waals surface area contributed by atoms with E-state index in [0.29, 0.717) is 19.1 Å². The Morgan fingerprint density at radius 2 is 2.08 bits per heavy atom. The minimum Gasteiger partial charge on any atom is -0.370 e. The van der Waals surface area contributed by atoms with Crippen LogP contribution in [0, 0.1) is 0 Å². The number of hydrogen-bond acceptors (Lipinski definition) is 3. The molecule has 0 aromatic carbocycles. The minimum absolute atomic E-state index is 0.0758. The molecule has 0 saturated heterocycles. The van der Waals surface area contributed by atoms with Crippen LogP contribution >= 0.6 is 0 Å². The number of carbonyl (C=O) groups is 2. The zero-order valence-corrected chi connectivity index (χ0v) is 7.51. The molecule has 74 valence electrons. The fourth-order valence-electron chi connectivity index (χ4n) is 0.912. The quantitative estimate of drug-likeness (QED) is 0.482. The summed E-state index contributed by atoms with van der Waals surface area (Å²) in [6, 6.07) is 0.530. The monoisotopic (exact) mass is 185 g/mol. The summed E-state index contributed by atoms with van der Waals surface area (Å²) in [6.07, 6.45) is 2.53. The molecule has 0 aromatic heterocycles. The number of amides is 2. The first kappa shape index (κ1) is 9.98. The van der Waals surface area contributed by atoms with E-state index in [1.54, 1.807) is 0 Å². The lowest BCUT2D eigenvalue weighted by Crippen LogP contribution is -2.36. The molecule has 0 atom stereocenters. The maximum absolute atomic E-state index is 11.0. The fraction of sp³-hybridized carbons (Fsp3) is 0.750. The Labute approximate surface area is 77.1 Å². The van der Waals surface area contributed by atoms with Crippen LogP contribution in [0.4, 0.5) is 0 Å². The van der Waals surface area contributed by atoms with Crippen molar-refractivity contribution >= 4 is 11.8 Å². The molecule has 5 heteroatoms. The van der Waals surface area contributed by atoms with Gasteiger partial charge in [0.25, 0.3) is 0 Å². The Morgan fingerprint density at radius 1 is 1.38 bits per heavy atom. The molecule has 1 fully saturated rings. The van der Waals surface area contributed by atoms with Crippen LogP contribution in [0.1, 0.15) is 19.3 Å². The van der Waals surface area contributed by atoms with Crippen molar-refractivity contribution in [1.82, 2.24) is 10.6 Å². The Morgan fingerprint density at radius 3 is 2.62 bits per heavy atom. The second-order valence-corrected chi connectivity index (χ2v) is 3.22. The topological polar surface area (TPSA) is 84.2 Å². The zero-order chi connectivity index (χ0) is 9.68. The lowest BCUT2D eigenvalue weighted by molar-refractivity contribution is -0.120. The molecule has 0 heterocycles. The minimum atomic E-state index is -0.393. The highest BCUT2D eigenvalue weighted by Gasteiger charge is 2.20. The van der Waals surface area contributed by atoms with Gasteiger partial charge in [-0.25, -0.2) is 0 Å². The zero-order valence-electron chi connectivity index (χ0n) is 7.51. The Hall–Kier alpha value is -1.10. The third-order valence-corrected chi connectivity index (χ3v) is 1.82.